The SMILES string of the molecule is CC(C)CC1NC(=O)N(CC(=O)N(C)Cc2ccccc2)C1=O. The number of hydrogen-bond donors (Lipinski definition) is 1. The summed E-state index contributed by atoms with van der Waals surface area (Å²) in [6.07, 6.45) is 0.578. The van der Waals surface area contributed by atoms with Gasteiger partial charge >= 0.3 is 6.03 Å². The summed E-state index contributed by atoms with van der Waals surface area (Å²) in [7, 11) is 1.67. The van der Waals surface area contributed by atoms with Crippen LogP contribution in [0.1, 0.15) is 25.8 Å². The van der Waals surface area contributed by atoms with Gasteiger partial charge in [0.1, 0.15) is 12.6 Å². The Morgan fingerprint density at radius 3 is 2.52 bits per heavy atom. The summed E-state index contributed by atoms with van der Waals surface area (Å²) >= 11 is 0. The van der Waals surface area contributed by atoms with Gasteiger partial charge in [0.05, 0.1) is 0 Å². The molecule has 0 aliphatic carbocycles. The van der Waals surface area contributed by atoms with E-state index in [9.17, 15) is 14.4 Å². The highest BCUT2D eigenvalue weighted by Gasteiger charge is 2.39. The number of rotatable bonds is 6. The van der Waals surface area contributed by atoms with Crippen LogP contribution in [0.15, 0.2) is 30.3 Å². The molecule has 23 heavy (non-hydrogen) atoms. The number of imide groups is 1. The molecule has 4 amide bonds. The van der Waals surface area contributed by atoms with Crippen LogP contribution in [-0.4, -0.2) is 47.3 Å². The maximum absolute atomic E-state index is 12.3. The number of nitrogens with zero attached hydrogens (tertiary/aromatic N) is 2. The molecule has 6 heteroatoms. The molecule has 2 rings (SSSR count). The zero-order valence-corrected chi connectivity index (χ0v) is 13.8. The monoisotopic (exact) mass is 317 g/mol. The molecule has 0 aromatic heterocycles. The Morgan fingerprint density at radius 2 is 1.91 bits per heavy atom. The second-order valence-corrected chi connectivity index (χ2v) is 6.29. The third-order valence-electron chi connectivity index (χ3n) is 3.80. The van der Waals surface area contributed by atoms with E-state index in [4.69, 9.17) is 0 Å². The molecule has 1 saturated heterocycles. The molecule has 1 unspecified atom stereocenters. The van der Waals surface area contributed by atoms with E-state index in [0.29, 0.717) is 18.9 Å². The first-order chi connectivity index (χ1) is 10.9. The molecule has 1 aromatic rings. The molecule has 1 aromatic carbocycles. The molecule has 1 N–H and O–H groups in total. The van der Waals surface area contributed by atoms with Gasteiger partial charge in [0, 0.05) is 13.6 Å². The van der Waals surface area contributed by atoms with Crippen molar-refractivity contribution in [1.29, 1.82) is 0 Å². The molecular formula is C17H23N3O3. The molecular weight excluding hydrogens is 294 g/mol. The number of nitrogens with one attached hydrogen (secondary N) is 1. The number of carbonyl (C=O) groups is 3. The van der Waals surface area contributed by atoms with Crippen molar-refractivity contribution >= 4 is 17.8 Å². The van der Waals surface area contributed by atoms with Gasteiger partial charge in [0.2, 0.25) is 5.91 Å². The Hall–Kier alpha value is -2.37. The molecule has 0 radical (unpaired) electrons. The lowest BCUT2D eigenvalue weighted by Crippen LogP contribution is -2.41. The number of benzene rings is 1. The summed E-state index contributed by atoms with van der Waals surface area (Å²) in [6, 6.07) is 8.57. The van der Waals surface area contributed by atoms with E-state index in [-0.39, 0.29) is 18.4 Å². The van der Waals surface area contributed by atoms with E-state index in [2.05, 4.69) is 5.32 Å². The zero-order chi connectivity index (χ0) is 17.0. The van der Waals surface area contributed by atoms with Gasteiger partial charge in [-0.05, 0) is 17.9 Å². The fourth-order valence-corrected chi connectivity index (χ4v) is 2.56. The highest BCUT2D eigenvalue weighted by Crippen LogP contribution is 2.14. The van der Waals surface area contributed by atoms with E-state index >= 15 is 0 Å². The van der Waals surface area contributed by atoms with E-state index in [0.717, 1.165) is 10.5 Å². The minimum atomic E-state index is -0.519. The minimum Gasteiger partial charge on any atom is -0.340 e. The highest BCUT2D eigenvalue weighted by atomic mass is 16.2. The third-order valence-corrected chi connectivity index (χ3v) is 3.80. The van der Waals surface area contributed by atoms with Gasteiger partial charge in [-0.3, -0.25) is 14.5 Å². The van der Waals surface area contributed by atoms with Crippen molar-refractivity contribution in [3.63, 3.8) is 0 Å². The van der Waals surface area contributed by atoms with Crippen molar-refractivity contribution in [2.75, 3.05) is 13.6 Å². The Kier molecular flexibility index (Phi) is 5.36. The quantitative estimate of drug-likeness (QED) is 0.811. The summed E-state index contributed by atoms with van der Waals surface area (Å²) < 4.78 is 0. The molecule has 0 saturated carbocycles. The van der Waals surface area contributed by atoms with Crippen LogP contribution < -0.4 is 5.32 Å². The molecule has 1 aliphatic heterocycles. The number of carbonyl (C=O) groups excluding carboxylic acids is 3. The van der Waals surface area contributed by atoms with Crippen LogP contribution in [0.25, 0.3) is 0 Å². The van der Waals surface area contributed by atoms with Crippen molar-refractivity contribution in [2.24, 2.45) is 5.92 Å². The lowest BCUT2D eigenvalue weighted by Gasteiger charge is -2.20. The van der Waals surface area contributed by atoms with Crippen LogP contribution in [-0.2, 0) is 16.1 Å². The van der Waals surface area contributed by atoms with Crippen LogP contribution in [0.3, 0.4) is 0 Å². The first kappa shape index (κ1) is 17.0. The lowest BCUT2D eigenvalue weighted by atomic mass is 10.0. The van der Waals surface area contributed by atoms with Crippen molar-refractivity contribution in [3.05, 3.63) is 35.9 Å². The second-order valence-electron chi connectivity index (χ2n) is 6.29. The van der Waals surface area contributed by atoms with Gasteiger partial charge in [-0.2, -0.15) is 0 Å². The third kappa shape index (κ3) is 4.31. The minimum absolute atomic E-state index is 0.220. The first-order valence-corrected chi connectivity index (χ1v) is 7.78. The van der Waals surface area contributed by atoms with Gasteiger partial charge in [0.15, 0.2) is 0 Å². The summed E-state index contributed by atoms with van der Waals surface area (Å²) in [6.45, 7) is 4.20. The molecule has 1 aliphatic rings. The number of amides is 4. The number of hydrogen-bond acceptors (Lipinski definition) is 3. The Labute approximate surface area is 136 Å². The average molecular weight is 317 g/mol. The predicted octanol–water partition coefficient (Wildman–Crippen LogP) is 1.61. The van der Waals surface area contributed by atoms with E-state index in [1.165, 1.54) is 4.90 Å². The van der Waals surface area contributed by atoms with Crippen LogP contribution >= 0.6 is 0 Å². The van der Waals surface area contributed by atoms with Crippen molar-refractivity contribution in [1.82, 2.24) is 15.1 Å². The molecule has 124 valence electrons. The Morgan fingerprint density at radius 1 is 1.26 bits per heavy atom. The Balaban J connectivity index is 1.94. The molecule has 0 bridgehead atoms. The molecule has 1 atom stereocenters. The zero-order valence-electron chi connectivity index (χ0n) is 13.8. The second kappa shape index (κ2) is 7.26. The average Bonchev–Trinajstić information content (AvgIpc) is 2.75. The normalized spacial score (nSPS) is 17.6. The lowest BCUT2D eigenvalue weighted by molar-refractivity contribution is -0.137. The van der Waals surface area contributed by atoms with Crippen LogP contribution in [0.4, 0.5) is 4.79 Å². The van der Waals surface area contributed by atoms with E-state index in [1.807, 2.05) is 44.2 Å². The number of likely N-dealkylation sites (N-methyl/N-ethyl adjacent to an activating group) is 1. The number of urea groups is 1. The molecule has 0 spiro atoms. The summed E-state index contributed by atoms with van der Waals surface area (Å²) in [5.74, 6) is -0.284. The maximum Gasteiger partial charge on any atom is 0.325 e. The van der Waals surface area contributed by atoms with Crippen LogP contribution in [0.2, 0.25) is 0 Å². The van der Waals surface area contributed by atoms with Crippen molar-refractivity contribution in [3.8, 4) is 0 Å². The standard InChI is InChI=1S/C17H23N3O3/c1-12(2)9-14-16(22)20(17(23)18-14)11-15(21)19(3)10-13-7-5-4-6-8-13/h4-8,12,14H,9-11H2,1-3H3,(H,18,23). The Bertz CT molecular complexity index is 586. The highest BCUT2D eigenvalue weighted by molar-refractivity contribution is 6.06. The fraction of sp³-hybridized carbons (Fsp3) is 0.471. The summed E-state index contributed by atoms with van der Waals surface area (Å²) in [4.78, 5) is 39.0. The van der Waals surface area contributed by atoms with Gasteiger partial charge in [0.25, 0.3) is 5.91 Å². The van der Waals surface area contributed by atoms with E-state index < -0.39 is 12.1 Å². The van der Waals surface area contributed by atoms with Gasteiger partial charge in [-0.25, -0.2) is 4.79 Å². The van der Waals surface area contributed by atoms with Crippen molar-refractivity contribution < 1.29 is 14.4 Å². The van der Waals surface area contributed by atoms with Crippen LogP contribution in [0.5, 0.6) is 0 Å². The van der Waals surface area contributed by atoms with Gasteiger partial charge in [-0.15, -0.1) is 0 Å². The van der Waals surface area contributed by atoms with Crippen LogP contribution in [0, 0.1) is 5.92 Å². The fourth-order valence-electron chi connectivity index (χ4n) is 2.56. The smallest absolute Gasteiger partial charge is 0.325 e. The van der Waals surface area contributed by atoms with E-state index in [1.54, 1.807) is 7.05 Å². The molecule has 1 heterocycles. The van der Waals surface area contributed by atoms with Gasteiger partial charge < -0.3 is 10.2 Å². The predicted molar refractivity (Wildman–Crippen MR) is 86.4 cm³/mol. The topological polar surface area (TPSA) is 69.7 Å². The maximum atomic E-state index is 12.3. The van der Waals surface area contributed by atoms with Gasteiger partial charge in [-0.1, -0.05) is 44.2 Å². The first-order valence-electron chi connectivity index (χ1n) is 7.78. The largest absolute Gasteiger partial charge is 0.340 e. The summed E-state index contributed by atoms with van der Waals surface area (Å²) in [5.41, 5.74) is 0.998. The summed E-state index contributed by atoms with van der Waals surface area (Å²) in [5, 5.41) is 2.65. The molecule has 6 nitrogen and oxygen atoms in total. The molecule has 1 fully saturated rings. The van der Waals surface area contributed by atoms with Crippen molar-refractivity contribution in [2.45, 2.75) is 32.9 Å².